The Morgan fingerprint density at radius 2 is 1.58 bits per heavy atom. The van der Waals surface area contributed by atoms with Crippen LogP contribution in [0.4, 0.5) is 0 Å². The number of allylic oxidation sites excluding steroid dienone is 2. The number of nitrogens with zero attached hydrogens (tertiary/aromatic N) is 1. The quantitative estimate of drug-likeness (QED) is 0.238. The van der Waals surface area contributed by atoms with E-state index in [0.717, 1.165) is 17.6 Å². The van der Waals surface area contributed by atoms with E-state index in [9.17, 15) is 0 Å². The summed E-state index contributed by atoms with van der Waals surface area (Å²) in [7, 11) is 2.43. The standard InChI is InChI=1S/C24H51N2/c1-20(2)22(5)15-13-12-14-17-25-19-24(9,10)16-18-26(11,21(3)4)23(6,7)8/h15,20-21,25H,12-14,16-19H2,1-11H3/q+1. The van der Waals surface area contributed by atoms with Crippen LogP contribution in [0, 0.1) is 11.3 Å². The van der Waals surface area contributed by atoms with E-state index in [1.54, 1.807) is 0 Å². The van der Waals surface area contributed by atoms with Crippen molar-refractivity contribution in [3.8, 4) is 0 Å². The molecule has 0 aromatic heterocycles. The van der Waals surface area contributed by atoms with Crippen LogP contribution in [0.25, 0.3) is 0 Å². The van der Waals surface area contributed by atoms with Gasteiger partial charge in [-0.1, -0.05) is 39.3 Å². The first kappa shape index (κ1) is 25.7. The van der Waals surface area contributed by atoms with Crippen molar-refractivity contribution in [2.24, 2.45) is 11.3 Å². The lowest BCUT2D eigenvalue weighted by atomic mass is 9.87. The highest BCUT2D eigenvalue weighted by atomic mass is 15.4. The average Bonchev–Trinajstić information content (AvgIpc) is 2.49. The fourth-order valence-electron chi connectivity index (χ4n) is 3.38. The summed E-state index contributed by atoms with van der Waals surface area (Å²) in [5, 5.41) is 3.71. The van der Waals surface area contributed by atoms with Crippen molar-refractivity contribution in [2.45, 2.75) is 107 Å². The molecule has 0 radical (unpaired) electrons. The summed E-state index contributed by atoms with van der Waals surface area (Å²) in [6.07, 6.45) is 7.49. The lowest BCUT2D eigenvalue weighted by molar-refractivity contribution is -0.972. The third-order valence-corrected chi connectivity index (χ3v) is 6.71. The van der Waals surface area contributed by atoms with E-state index in [1.807, 2.05) is 0 Å². The highest BCUT2D eigenvalue weighted by molar-refractivity contribution is 5.00. The molecule has 0 spiro atoms. The molecule has 0 amide bonds. The van der Waals surface area contributed by atoms with E-state index in [2.05, 4.69) is 87.7 Å². The second-order valence-electron chi connectivity index (χ2n) is 10.9. The van der Waals surface area contributed by atoms with E-state index in [4.69, 9.17) is 0 Å². The molecule has 0 aromatic carbocycles. The third kappa shape index (κ3) is 9.04. The van der Waals surface area contributed by atoms with Crippen LogP contribution < -0.4 is 5.32 Å². The Labute approximate surface area is 166 Å². The van der Waals surface area contributed by atoms with Gasteiger partial charge in [0.05, 0.1) is 25.2 Å². The zero-order valence-electron chi connectivity index (χ0n) is 20.1. The maximum absolute atomic E-state index is 3.71. The second-order valence-corrected chi connectivity index (χ2v) is 10.9. The Balaban J connectivity index is 4.21. The molecule has 0 rings (SSSR count). The summed E-state index contributed by atoms with van der Waals surface area (Å²) in [6, 6.07) is 0.654. The van der Waals surface area contributed by atoms with Crippen LogP contribution in [0.3, 0.4) is 0 Å². The first-order chi connectivity index (χ1) is 11.7. The second kappa shape index (κ2) is 10.9. The summed E-state index contributed by atoms with van der Waals surface area (Å²) >= 11 is 0. The van der Waals surface area contributed by atoms with Gasteiger partial charge in [-0.2, -0.15) is 0 Å². The van der Waals surface area contributed by atoms with Crippen LogP contribution in [0.2, 0.25) is 0 Å². The molecular formula is C24H51N2+. The topological polar surface area (TPSA) is 12.0 Å². The summed E-state index contributed by atoms with van der Waals surface area (Å²) in [5.74, 6) is 0.692. The third-order valence-electron chi connectivity index (χ3n) is 6.71. The zero-order valence-corrected chi connectivity index (χ0v) is 20.1. The molecule has 0 heterocycles. The van der Waals surface area contributed by atoms with Crippen LogP contribution in [-0.4, -0.2) is 42.7 Å². The summed E-state index contributed by atoms with van der Waals surface area (Å²) < 4.78 is 1.14. The first-order valence-electron chi connectivity index (χ1n) is 11.0. The molecule has 0 aliphatic heterocycles. The molecule has 1 N–H and O–H groups in total. The predicted molar refractivity (Wildman–Crippen MR) is 120 cm³/mol. The largest absolute Gasteiger partial charge is 0.320 e. The monoisotopic (exact) mass is 367 g/mol. The Kier molecular flexibility index (Phi) is 10.7. The van der Waals surface area contributed by atoms with Crippen molar-refractivity contribution < 1.29 is 4.48 Å². The number of rotatable bonds is 12. The minimum absolute atomic E-state index is 0.291. The molecule has 1 atom stereocenters. The fraction of sp³-hybridized carbons (Fsp3) is 0.917. The van der Waals surface area contributed by atoms with Crippen molar-refractivity contribution in [3.63, 3.8) is 0 Å². The number of hydrogen-bond donors (Lipinski definition) is 1. The Morgan fingerprint density at radius 1 is 1.00 bits per heavy atom. The summed E-state index contributed by atoms with van der Waals surface area (Å²) in [4.78, 5) is 0. The zero-order chi connectivity index (χ0) is 20.6. The molecule has 0 saturated heterocycles. The number of nitrogens with one attached hydrogen (secondary N) is 1. The maximum Gasteiger partial charge on any atom is 0.0907 e. The first-order valence-corrected chi connectivity index (χ1v) is 11.0. The van der Waals surface area contributed by atoms with Crippen molar-refractivity contribution in [1.82, 2.24) is 5.32 Å². The number of hydrogen-bond acceptors (Lipinski definition) is 1. The summed E-state index contributed by atoms with van der Waals surface area (Å²) in [5.41, 5.74) is 2.18. The van der Waals surface area contributed by atoms with E-state index in [0.29, 0.717) is 22.9 Å². The van der Waals surface area contributed by atoms with Crippen LogP contribution in [0.1, 0.15) is 94.9 Å². The molecule has 2 nitrogen and oxygen atoms in total. The van der Waals surface area contributed by atoms with Crippen LogP contribution in [-0.2, 0) is 0 Å². The SMILES string of the molecule is CC(=CCCCCNCC(C)(C)CC[N+](C)(C(C)C)C(C)(C)C)C(C)C. The van der Waals surface area contributed by atoms with Crippen molar-refractivity contribution in [2.75, 3.05) is 26.7 Å². The molecular weight excluding hydrogens is 316 g/mol. The van der Waals surface area contributed by atoms with Gasteiger partial charge in [-0.05, 0) is 78.7 Å². The Bertz CT molecular complexity index is 412. The van der Waals surface area contributed by atoms with E-state index in [1.165, 1.54) is 37.8 Å². The van der Waals surface area contributed by atoms with E-state index in [-0.39, 0.29) is 0 Å². The Hall–Kier alpha value is -0.340. The van der Waals surface area contributed by atoms with Gasteiger partial charge in [-0.25, -0.2) is 0 Å². The van der Waals surface area contributed by atoms with Crippen LogP contribution in [0.5, 0.6) is 0 Å². The number of quaternary nitrogens is 1. The van der Waals surface area contributed by atoms with Crippen molar-refractivity contribution in [3.05, 3.63) is 11.6 Å². The van der Waals surface area contributed by atoms with Gasteiger partial charge in [0.1, 0.15) is 0 Å². The average molecular weight is 368 g/mol. The molecule has 0 aliphatic rings. The van der Waals surface area contributed by atoms with Gasteiger partial charge in [0.2, 0.25) is 0 Å². The highest BCUT2D eigenvalue weighted by Crippen LogP contribution is 2.30. The predicted octanol–water partition coefficient (Wildman–Crippen LogP) is 6.42. The fourth-order valence-corrected chi connectivity index (χ4v) is 3.38. The molecule has 0 bridgehead atoms. The number of unbranched alkanes of at least 4 members (excludes halogenated alkanes) is 2. The molecule has 0 aromatic rings. The molecule has 26 heavy (non-hydrogen) atoms. The minimum atomic E-state index is 0.291. The molecule has 1 unspecified atom stereocenters. The molecule has 0 saturated carbocycles. The van der Waals surface area contributed by atoms with Gasteiger partial charge in [-0.15, -0.1) is 0 Å². The molecule has 0 fully saturated rings. The van der Waals surface area contributed by atoms with Crippen LogP contribution >= 0.6 is 0 Å². The minimum Gasteiger partial charge on any atom is -0.320 e. The van der Waals surface area contributed by atoms with Crippen molar-refractivity contribution in [1.29, 1.82) is 0 Å². The van der Waals surface area contributed by atoms with Gasteiger partial charge in [0.15, 0.2) is 0 Å². The van der Waals surface area contributed by atoms with Gasteiger partial charge in [0.25, 0.3) is 0 Å². The van der Waals surface area contributed by atoms with E-state index < -0.39 is 0 Å². The lowest BCUT2D eigenvalue weighted by Crippen LogP contribution is -2.62. The summed E-state index contributed by atoms with van der Waals surface area (Å²) in [6.45, 7) is 27.0. The van der Waals surface area contributed by atoms with Gasteiger partial charge < -0.3 is 9.80 Å². The van der Waals surface area contributed by atoms with Gasteiger partial charge in [0, 0.05) is 13.0 Å². The highest BCUT2D eigenvalue weighted by Gasteiger charge is 2.39. The van der Waals surface area contributed by atoms with Gasteiger partial charge >= 0.3 is 0 Å². The normalized spacial score (nSPS) is 16.4. The van der Waals surface area contributed by atoms with Gasteiger partial charge in [-0.3, -0.25) is 0 Å². The Morgan fingerprint density at radius 3 is 2.04 bits per heavy atom. The molecule has 0 aliphatic carbocycles. The van der Waals surface area contributed by atoms with Crippen LogP contribution in [0.15, 0.2) is 11.6 Å². The maximum atomic E-state index is 3.71. The molecule has 2 heteroatoms. The molecule has 156 valence electrons. The van der Waals surface area contributed by atoms with Crippen molar-refractivity contribution >= 4 is 0 Å². The smallest absolute Gasteiger partial charge is 0.0907 e. The van der Waals surface area contributed by atoms with E-state index >= 15 is 0 Å². The lowest BCUT2D eigenvalue weighted by Gasteiger charge is -2.50.